The molecule has 0 aliphatic rings. The van der Waals surface area contributed by atoms with Gasteiger partial charge in [-0.1, -0.05) is 13.8 Å². The Kier molecular flexibility index (Phi) is 8.34. The van der Waals surface area contributed by atoms with Crippen molar-refractivity contribution in [2.45, 2.75) is 39.0 Å². The van der Waals surface area contributed by atoms with E-state index in [1.54, 1.807) is 0 Å². The fraction of sp³-hybridized carbons (Fsp3) is 1.00. The lowest BCUT2D eigenvalue weighted by Crippen LogP contribution is -2.17. The van der Waals surface area contributed by atoms with Gasteiger partial charge in [-0.15, -0.1) is 0 Å². The Morgan fingerprint density at radius 1 is 1.09 bits per heavy atom. The van der Waals surface area contributed by atoms with Gasteiger partial charge in [0, 0.05) is 23.5 Å². The van der Waals surface area contributed by atoms with Crippen LogP contribution in [0.2, 0.25) is 6.04 Å². The highest BCUT2D eigenvalue weighted by molar-refractivity contribution is 6.08. The van der Waals surface area contributed by atoms with E-state index >= 15 is 0 Å². The summed E-state index contributed by atoms with van der Waals surface area (Å²) in [4.78, 5) is 0. The first-order chi connectivity index (χ1) is 5.35. The Labute approximate surface area is 72.7 Å². The molecule has 0 aromatic heterocycles. The third-order valence-corrected chi connectivity index (χ3v) is 2.02. The van der Waals surface area contributed by atoms with Crippen LogP contribution >= 0.6 is 0 Å². The van der Waals surface area contributed by atoms with Crippen LogP contribution in [0.1, 0.15) is 26.7 Å². The molecule has 0 saturated carbocycles. The highest BCUT2D eigenvalue weighted by Gasteiger charge is 2.03. The van der Waals surface area contributed by atoms with E-state index < -0.39 is 0 Å². The zero-order valence-corrected chi connectivity index (χ0v) is 9.93. The summed E-state index contributed by atoms with van der Waals surface area (Å²) in [6.45, 7) is 5.89. The van der Waals surface area contributed by atoms with Crippen molar-refractivity contribution in [3.63, 3.8) is 0 Å². The average molecular weight is 176 g/mol. The average Bonchev–Trinajstić information content (AvgIpc) is 2.05. The maximum Gasteiger partial charge on any atom is 0.154 e. The second-order valence-corrected chi connectivity index (χ2v) is 3.40. The predicted molar refractivity (Wildman–Crippen MR) is 51.0 cm³/mol. The van der Waals surface area contributed by atoms with Crippen molar-refractivity contribution in [2.75, 3.05) is 13.2 Å². The van der Waals surface area contributed by atoms with E-state index in [9.17, 15) is 0 Å². The highest BCUT2D eigenvalue weighted by Crippen LogP contribution is 2.00. The van der Waals surface area contributed by atoms with Gasteiger partial charge in [0.25, 0.3) is 0 Å². The Hall–Kier alpha value is 0.137. The van der Waals surface area contributed by atoms with E-state index in [0.29, 0.717) is 0 Å². The van der Waals surface area contributed by atoms with Crippen molar-refractivity contribution in [3.05, 3.63) is 0 Å². The first-order valence-corrected chi connectivity index (χ1v) is 5.99. The van der Waals surface area contributed by atoms with Gasteiger partial charge in [0.2, 0.25) is 0 Å². The fourth-order valence-corrected chi connectivity index (χ4v) is 1.25. The summed E-state index contributed by atoms with van der Waals surface area (Å²) in [6.07, 6.45) is 2.24. The summed E-state index contributed by atoms with van der Waals surface area (Å²) >= 11 is 0. The third kappa shape index (κ3) is 6.53. The van der Waals surface area contributed by atoms with E-state index in [1.165, 1.54) is 0 Å². The molecule has 0 heterocycles. The molecule has 11 heavy (non-hydrogen) atoms. The van der Waals surface area contributed by atoms with Crippen LogP contribution in [-0.2, 0) is 9.47 Å². The lowest BCUT2D eigenvalue weighted by atomic mass is 10.5. The molecule has 0 aliphatic heterocycles. The fourth-order valence-electron chi connectivity index (χ4n) is 0.782. The van der Waals surface area contributed by atoms with Crippen LogP contribution in [0.25, 0.3) is 0 Å². The minimum Gasteiger partial charge on any atom is -0.353 e. The Morgan fingerprint density at radius 2 is 1.55 bits per heavy atom. The standard InChI is InChI=1S/C8H20O2Si/c1-3-5-9-8(7-11)10-6-4-2/h8H,3-7H2,1-2,11H3. The number of rotatable bonds is 7. The summed E-state index contributed by atoms with van der Waals surface area (Å²) in [6, 6.07) is 1.08. The van der Waals surface area contributed by atoms with Gasteiger partial charge in [0.05, 0.1) is 0 Å². The monoisotopic (exact) mass is 176 g/mol. The maximum atomic E-state index is 5.46. The Morgan fingerprint density at radius 3 is 1.82 bits per heavy atom. The molecule has 0 rings (SSSR count). The zero-order valence-electron chi connectivity index (χ0n) is 7.93. The molecule has 0 aromatic carbocycles. The molecule has 0 fully saturated rings. The van der Waals surface area contributed by atoms with Crippen LogP contribution in [0.5, 0.6) is 0 Å². The van der Waals surface area contributed by atoms with Gasteiger partial charge in [0.15, 0.2) is 6.29 Å². The quantitative estimate of drug-likeness (QED) is 0.425. The smallest absolute Gasteiger partial charge is 0.154 e. The van der Waals surface area contributed by atoms with E-state index in [0.717, 1.165) is 42.3 Å². The molecule has 3 heteroatoms. The molecule has 0 N–H and O–H groups in total. The zero-order chi connectivity index (χ0) is 8.53. The molecule has 0 unspecified atom stereocenters. The van der Waals surface area contributed by atoms with Crippen LogP contribution in [-0.4, -0.2) is 29.7 Å². The van der Waals surface area contributed by atoms with Gasteiger partial charge >= 0.3 is 0 Å². The van der Waals surface area contributed by atoms with Gasteiger partial charge in [-0.3, -0.25) is 0 Å². The third-order valence-electron chi connectivity index (χ3n) is 1.35. The maximum absolute atomic E-state index is 5.46. The summed E-state index contributed by atoms with van der Waals surface area (Å²) in [5, 5.41) is 0. The molecule has 0 aliphatic carbocycles. The molecular weight excluding hydrogens is 156 g/mol. The molecule has 0 saturated heterocycles. The van der Waals surface area contributed by atoms with Crippen LogP contribution < -0.4 is 0 Å². The lowest BCUT2D eigenvalue weighted by Gasteiger charge is -2.15. The van der Waals surface area contributed by atoms with Crippen molar-refractivity contribution in [2.24, 2.45) is 0 Å². The summed E-state index contributed by atoms with van der Waals surface area (Å²) in [5.74, 6) is 0. The van der Waals surface area contributed by atoms with E-state index in [2.05, 4.69) is 13.8 Å². The molecule has 0 spiro atoms. The van der Waals surface area contributed by atoms with Gasteiger partial charge in [-0.05, 0) is 18.9 Å². The number of hydrogen-bond acceptors (Lipinski definition) is 2. The van der Waals surface area contributed by atoms with E-state index in [1.807, 2.05) is 0 Å². The van der Waals surface area contributed by atoms with Crippen molar-refractivity contribution >= 4 is 10.2 Å². The minimum absolute atomic E-state index is 0.0848. The Bertz CT molecular complexity index is 70.5. The Balaban J connectivity index is 3.25. The van der Waals surface area contributed by atoms with Crippen molar-refractivity contribution in [1.29, 1.82) is 0 Å². The molecule has 0 radical (unpaired) electrons. The summed E-state index contributed by atoms with van der Waals surface area (Å²) < 4.78 is 10.9. The van der Waals surface area contributed by atoms with Crippen LogP contribution in [0.3, 0.4) is 0 Å². The van der Waals surface area contributed by atoms with Crippen molar-refractivity contribution < 1.29 is 9.47 Å². The molecule has 68 valence electrons. The topological polar surface area (TPSA) is 18.5 Å². The van der Waals surface area contributed by atoms with Crippen LogP contribution in [0.4, 0.5) is 0 Å². The van der Waals surface area contributed by atoms with Crippen molar-refractivity contribution in [1.82, 2.24) is 0 Å². The predicted octanol–water partition coefficient (Wildman–Crippen LogP) is 0.949. The normalized spacial score (nSPS) is 11.2. The van der Waals surface area contributed by atoms with Gasteiger partial charge in [0.1, 0.15) is 0 Å². The molecule has 0 aromatic rings. The van der Waals surface area contributed by atoms with Crippen LogP contribution in [0.15, 0.2) is 0 Å². The lowest BCUT2D eigenvalue weighted by molar-refractivity contribution is -0.129. The van der Waals surface area contributed by atoms with Gasteiger partial charge in [-0.2, -0.15) is 0 Å². The molecule has 2 nitrogen and oxygen atoms in total. The molecule has 0 atom stereocenters. The first kappa shape index (κ1) is 11.1. The van der Waals surface area contributed by atoms with Gasteiger partial charge in [-0.25, -0.2) is 0 Å². The van der Waals surface area contributed by atoms with E-state index in [4.69, 9.17) is 9.47 Å². The number of hydrogen-bond donors (Lipinski definition) is 0. The largest absolute Gasteiger partial charge is 0.353 e. The summed E-state index contributed by atoms with van der Waals surface area (Å²) in [7, 11) is 1.16. The molecule has 0 bridgehead atoms. The molecule has 0 amide bonds. The van der Waals surface area contributed by atoms with Gasteiger partial charge < -0.3 is 9.47 Å². The molecular formula is C8H20O2Si. The highest BCUT2D eigenvalue weighted by atomic mass is 28.1. The van der Waals surface area contributed by atoms with Crippen molar-refractivity contribution in [3.8, 4) is 0 Å². The van der Waals surface area contributed by atoms with Crippen LogP contribution in [0, 0.1) is 0 Å². The second-order valence-electron chi connectivity index (χ2n) is 2.58. The first-order valence-electron chi connectivity index (χ1n) is 4.58. The van der Waals surface area contributed by atoms with E-state index in [-0.39, 0.29) is 6.29 Å². The summed E-state index contributed by atoms with van der Waals surface area (Å²) in [5.41, 5.74) is 0. The number of ether oxygens (including phenoxy) is 2. The SMILES string of the molecule is CCCOC(C[SiH3])OCCC. The minimum atomic E-state index is 0.0848. The second kappa shape index (κ2) is 8.24.